The van der Waals surface area contributed by atoms with E-state index in [9.17, 15) is 4.79 Å². The summed E-state index contributed by atoms with van der Waals surface area (Å²) >= 11 is 12.0. The van der Waals surface area contributed by atoms with Crippen LogP contribution in [0.4, 0.5) is 11.5 Å². The molecule has 0 atom stereocenters. The summed E-state index contributed by atoms with van der Waals surface area (Å²) < 4.78 is 0. The fourth-order valence-electron chi connectivity index (χ4n) is 3.03. The number of benzene rings is 1. The van der Waals surface area contributed by atoms with Crippen LogP contribution in [-0.4, -0.2) is 47.0 Å². The quantitative estimate of drug-likeness (QED) is 0.607. The highest BCUT2D eigenvalue weighted by Gasteiger charge is 2.14. The van der Waals surface area contributed by atoms with Gasteiger partial charge in [-0.3, -0.25) is 4.79 Å². The molecule has 10 heteroatoms. The summed E-state index contributed by atoms with van der Waals surface area (Å²) in [4.78, 5) is 27.6. The van der Waals surface area contributed by atoms with Crippen molar-refractivity contribution in [3.8, 4) is 11.3 Å². The monoisotopic (exact) mass is 464 g/mol. The van der Waals surface area contributed by atoms with E-state index in [1.165, 1.54) is 6.33 Å². The van der Waals surface area contributed by atoms with Crippen LogP contribution < -0.4 is 15.5 Å². The zero-order chi connectivity index (χ0) is 20.2. The Bertz CT molecular complexity index is 1030. The van der Waals surface area contributed by atoms with Crippen LogP contribution in [0.15, 0.2) is 48.9 Å². The number of anilines is 2. The van der Waals surface area contributed by atoms with Crippen LogP contribution in [0.5, 0.6) is 0 Å². The zero-order valence-corrected chi connectivity index (χ0v) is 18.1. The first kappa shape index (κ1) is 22.2. The van der Waals surface area contributed by atoms with Crippen LogP contribution in [-0.2, 0) is 0 Å². The van der Waals surface area contributed by atoms with Crippen LogP contribution in [0.2, 0.25) is 10.0 Å². The number of amides is 1. The van der Waals surface area contributed by atoms with Gasteiger partial charge in [0.2, 0.25) is 0 Å². The lowest BCUT2D eigenvalue weighted by Crippen LogP contribution is -2.43. The Morgan fingerprint density at radius 1 is 1.00 bits per heavy atom. The average molecular weight is 466 g/mol. The van der Waals surface area contributed by atoms with Gasteiger partial charge in [-0.2, -0.15) is 0 Å². The van der Waals surface area contributed by atoms with Crippen molar-refractivity contribution in [2.45, 2.75) is 0 Å². The van der Waals surface area contributed by atoms with E-state index >= 15 is 0 Å². The van der Waals surface area contributed by atoms with Crippen LogP contribution >= 0.6 is 35.6 Å². The van der Waals surface area contributed by atoms with E-state index in [-0.39, 0.29) is 24.0 Å². The number of nitrogens with zero attached hydrogens (tertiary/aromatic N) is 4. The van der Waals surface area contributed by atoms with Crippen molar-refractivity contribution in [1.29, 1.82) is 0 Å². The van der Waals surface area contributed by atoms with E-state index in [4.69, 9.17) is 23.2 Å². The molecule has 2 N–H and O–H groups in total. The van der Waals surface area contributed by atoms with Gasteiger partial charge >= 0.3 is 0 Å². The predicted octanol–water partition coefficient (Wildman–Crippen LogP) is 3.93. The molecule has 0 bridgehead atoms. The predicted molar refractivity (Wildman–Crippen MR) is 122 cm³/mol. The molecule has 1 fully saturated rings. The molecular formula is C20H19Cl3N6O. The fraction of sp³-hybridized carbons (Fsp3) is 0.200. The third-order valence-electron chi connectivity index (χ3n) is 4.56. The summed E-state index contributed by atoms with van der Waals surface area (Å²) in [5, 5.41) is 7.01. The molecule has 0 unspecified atom stereocenters. The topological polar surface area (TPSA) is 83.0 Å². The molecular weight excluding hydrogens is 447 g/mol. The van der Waals surface area contributed by atoms with Gasteiger partial charge in [-0.05, 0) is 30.3 Å². The van der Waals surface area contributed by atoms with E-state index in [1.807, 2.05) is 12.1 Å². The molecule has 0 radical (unpaired) electrons. The number of nitrogens with one attached hydrogen (secondary N) is 2. The Kier molecular flexibility index (Phi) is 7.44. The molecule has 156 valence electrons. The summed E-state index contributed by atoms with van der Waals surface area (Å²) in [6, 6.07) is 10.5. The first-order valence-corrected chi connectivity index (χ1v) is 9.86. The number of carbonyl (C=O) groups is 1. The maximum Gasteiger partial charge on any atom is 0.274 e. The van der Waals surface area contributed by atoms with Crippen molar-refractivity contribution in [3.05, 3.63) is 64.7 Å². The van der Waals surface area contributed by atoms with Crippen molar-refractivity contribution < 1.29 is 4.79 Å². The molecule has 1 aromatic carbocycles. The number of rotatable bonds is 4. The summed E-state index contributed by atoms with van der Waals surface area (Å²) in [6.07, 6.45) is 2.99. The first-order chi connectivity index (χ1) is 14.1. The SMILES string of the molecule is Cl.O=C(Nc1ccc(N2CCNCC2)nc1)c1cc(-c2ccc(Cl)c(Cl)c2)ncn1. The molecule has 3 heterocycles. The second kappa shape index (κ2) is 10.0. The smallest absolute Gasteiger partial charge is 0.274 e. The highest BCUT2D eigenvalue weighted by molar-refractivity contribution is 6.42. The van der Waals surface area contributed by atoms with Gasteiger partial charge in [0.1, 0.15) is 17.8 Å². The highest BCUT2D eigenvalue weighted by atomic mass is 35.5. The second-order valence-electron chi connectivity index (χ2n) is 6.51. The first-order valence-electron chi connectivity index (χ1n) is 9.11. The third-order valence-corrected chi connectivity index (χ3v) is 5.30. The van der Waals surface area contributed by atoms with Crippen LogP contribution in [0.1, 0.15) is 10.5 Å². The van der Waals surface area contributed by atoms with Gasteiger partial charge in [-0.25, -0.2) is 15.0 Å². The van der Waals surface area contributed by atoms with Crippen molar-refractivity contribution in [3.63, 3.8) is 0 Å². The summed E-state index contributed by atoms with van der Waals surface area (Å²) in [5.41, 5.74) is 2.17. The standard InChI is InChI=1S/C20H18Cl2N6O.ClH/c21-15-3-1-13(9-16(15)22)17-10-18(26-12-25-17)20(29)27-14-2-4-19(24-11-14)28-7-5-23-6-8-28;/h1-4,9-12,23H,5-8H2,(H,27,29);1H. The number of hydrogen-bond acceptors (Lipinski definition) is 6. The second-order valence-corrected chi connectivity index (χ2v) is 7.33. The van der Waals surface area contributed by atoms with Gasteiger partial charge in [0, 0.05) is 31.7 Å². The Balaban J connectivity index is 0.00000256. The minimum Gasteiger partial charge on any atom is -0.354 e. The molecule has 0 saturated carbocycles. The van der Waals surface area contributed by atoms with E-state index < -0.39 is 0 Å². The number of halogens is 3. The molecule has 1 aliphatic rings. The number of aromatic nitrogens is 3. The van der Waals surface area contributed by atoms with Gasteiger partial charge in [0.05, 0.1) is 27.6 Å². The van der Waals surface area contributed by atoms with Gasteiger partial charge < -0.3 is 15.5 Å². The van der Waals surface area contributed by atoms with E-state index in [0.29, 0.717) is 21.4 Å². The minimum absolute atomic E-state index is 0. The Morgan fingerprint density at radius 2 is 1.80 bits per heavy atom. The van der Waals surface area contributed by atoms with Crippen molar-refractivity contribution in [2.75, 3.05) is 36.4 Å². The van der Waals surface area contributed by atoms with Crippen molar-refractivity contribution in [1.82, 2.24) is 20.3 Å². The largest absolute Gasteiger partial charge is 0.354 e. The van der Waals surface area contributed by atoms with Crippen LogP contribution in [0.25, 0.3) is 11.3 Å². The van der Waals surface area contributed by atoms with Crippen molar-refractivity contribution in [2.24, 2.45) is 0 Å². The summed E-state index contributed by atoms with van der Waals surface area (Å²) in [6.45, 7) is 3.71. The lowest BCUT2D eigenvalue weighted by molar-refractivity contribution is 0.102. The van der Waals surface area contributed by atoms with Gasteiger partial charge in [-0.1, -0.05) is 29.3 Å². The molecule has 0 spiro atoms. The lowest BCUT2D eigenvalue weighted by Gasteiger charge is -2.28. The molecule has 7 nitrogen and oxygen atoms in total. The molecule has 2 aromatic heterocycles. The van der Waals surface area contributed by atoms with Crippen molar-refractivity contribution >= 4 is 53.0 Å². The van der Waals surface area contributed by atoms with E-state index in [0.717, 1.165) is 37.6 Å². The maximum absolute atomic E-state index is 12.6. The molecule has 3 aromatic rings. The Labute approximate surface area is 190 Å². The zero-order valence-electron chi connectivity index (χ0n) is 15.8. The number of pyridine rings is 1. The highest BCUT2D eigenvalue weighted by Crippen LogP contribution is 2.27. The summed E-state index contributed by atoms with van der Waals surface area (Å²) in [7, 11) is 0. The fourth-order valence-corrected chi connectivity index (χ4v) is 3.33. The van der Waals surface area contributed by atoms with Crippen LogP contribution in [0.3, 0.4) is 0 Å². The van der Waals surface area contributed by atoms with E-state index in [1.54, 1.807) is 30.5 Å². The summed E-state index contributed by atoms with van der Waals surface area (Å²) in [5.74, 6) is 0.555. The van der Waals surface area contributed by atoms with Gasteiger partial charge in [-0.15, -0.1) is 12.4 Å². The molecule has 4 rings (SSSR count). The minimum atomic E-state index is -0.342. The normalized spacial score (nSPS) is 13.5. The molecule has 1 aliphatic heterocycles. The molecule has 1 amide bonds. The van der Waals surface area contributed by atoms with Crippen LogP contribution in [0, 0.1) is 0 Å². The number of carbonyl (C=O) groups excluding carboxylic acids is 1. The van der Waals surface area contributed by atoms with Gasteiger partial charge in [0.15, 0.2) is 0 Å². The molecule has 0 aliphatic carbocycles. The average Bonchev–Trinajstić information content (AvgIpc) is 2.77. The number of piperazine rings is 1. The third kappa shape index (κ3) is 5.17. The Morgan fingerprint density at radius 3 is 2.50 bits per heavy atom. The Hall–Kier alpha value is -2.45. The molecule has 30 heavy (non-hydrogen) atoms. The molecule has 1 saturated heterocycles. The number of hydrogen-bond donors (Lipinski definition) is 2. The van der Waals surface area contributed by atoms with E-state index in [2.05, 4.69) is 30.5 Å². The maximum atomic E-state index is 12.6. The van der Waals surface area contributed by atoms with Gasteiger partial charge in [0.25, 0.3) is 5.91 Å². The lowest BCUT2D eigenvalue weighted by atomic mass is 10.1.